The van der Waals surface area contributed by atoms with Crippen LogP contribution in [0.5, 0.6) is 0 Å². The summed E-state index contributed by atoms with van der Waals surface area (Å²) in [5.74, 6) is -1.21. The first-order chi connectivity index (χ1) is 17.5. The smallest absolute Gasteiger partial charge is 0.355 e. The summed E-state index contributed by atoms with van der Waals surface area (Å²) in [7, 11) is 1.50. The molecule has 8 nitrogen and oxygen atoms in total. The summed E-state index contributed by atoms with van der Waals surface area (Å²) in [5, 5.41) is 10.4. The van der Waals surface area contributed by atoms with Crippen molar-refractivity contribution in [2.45, 2.75) is 84.1 Å². The molecule has 0 aromatic carbocycles. The van der Waals surface area contributed by atoms with Crippen molar-refractivity contribution in [2.75, 3.05) is 7.11 Å². The fraction of sp³-hybridized carbons (Fsp3) is 0.655. The van der Waals surface area contributed by atoms with Crippen LogP contribution in [0.1, 0.15) is 58.5 Å². The number of aromatic nitrogens is 1. The van der Waals surface area contributed by atoms with E-state index in [0.29, 0.717) is 12.1 Å². The van der Waals surface area contributed by atoms with E-state index in [2.05, 4.69) is 37.1 Å². The Bertz CT molecular complexity index is 1030. The Kier molecular flexibility index (Phi) is 8.02. The highest BCUT2D eigenvalue weighted by molar-refractivity contribution is 5.87. The highest BCUT2D eigenvalue weighted by Crippen LogP contribution is 2.56. The van der Waals surface area contributed by atoms with Crippen LogP contribution in [0.25, 0.3) is 0 Å². The molecule has 0 amide bonds. The number of carbonyl (C=O) groups is 2. The molecule has 8 heteroatoms. The van der Waals surface area contributed by atoms with Gasteiger partial charge in [-0.05, 0) is 49.8 Å². The maximum absolute atomic E-state index is 13.1. The van der Waals surface area contributed by atoms with Crippen LogP contribution in [0.15, 0.2) is 42.1 Å². The monoisotopic (exact) mass is 515 g/mol. The van der Waals surface area contributed by atoms with Crippen molar-refractivity contribution in [2.24, 2.45) is 29.6 Å². The Balaban J connectivity index is 1.75. The number of aromatic amines is 1. The molecular weight excluding hydrogens is 474 g/mol. The van der Waals surface area contributed by atoms with Crippen LogP contribution >= 0.6 is 0 Å². The zero-order chi connectivity index (χ0) is 27.1. The normalized spacial score (nSPS) is 38.8. The number of cyclic esters (lactones) is 1. The second-order valence-electron chi connectivity index (χ2n) is 11.2. The average Bonchev–Trinajstić information content (AvgIpc) is 3.43. The van der Waals surface area contributed by atoms with E-state index in [9.17, 15) is 14.7 Å². The minimum atomic E-state index is -0.848. The van der Waals surface area contributed by atoms with Gasteiger partial charge in [-0.2, -0.15) is 0 Å². The third-order valence-corrected chi connectivity index (χ3v) is 8.51. The first kappa shape index (κ1) is 27.6. The third-order valence-electron chi connectivity index (χ3n) is 8.51. The molecule has 1 fully saturated rings. The van der Waals surface area contributed by atoms with E-state index in [1.165, 1.54) is 7.11 Å². The minimum Gasteiger partial charge on any atom is -0.457 e. The van der Waals surface area contributed by atoms with Crippen molar-refractivity contribution < 1.29 is 33.6 Å². The molecule has 1 aliphatic carbocycles. The van der Waals surface area contributed by atoms with Crippen LogP contribution in [0.2, 0.25) is 0 Å². The molecule has 37 heavy (non-hydrogen) atoms. The Morgan fingerprint density at radius 2 is 1.95 bits per heavy atom. The Morgan fingerprint density at radius 1 is 1.22 bits per heavy atom. The van der Waals surface area contributed by atoms with E-state index in [1.54, 1.807) is 25.3 Å². The minimum absolute atomic E-state index is 0.0159. The predicted octanol–water partition coefficient (Wildman–Crippen LogP) is 4.07. The second-order valence-corrected chi connectivity index (χ2v) is 11.2. The molecule has 1 aromatic rings. The highest BCUT2D eigenvalue weighted by atomic mass is 16.6. The lowest BCUT2D eigenvalue weighted by atomic mass is 9.64. The molecule has 10 atom stereocenters. The summed E-state index contributed by atoms with van der Waals surface area (Å²) >= 11 is 0. The Morgan fingerprint density at radius 3 is 2.54 bits per heavy atom. The van der Waals surface area contributed by atoms with Crippen LogP contribution in [-0.4, -0.2) is 65.3 Å². The van der Waals surface area contributed by atoms with Gasteiger partial charge in [-0.3, -0.25) is 0 Å². The molecule has 2 N–H and O–H groups in total. The lowest BCUT2D eigenvalue weighted by Gasteiger charge is -2.44. The van der Waals surface area contributed by atoms with Crippen LogP contribution in [0, 0.1) is 29.6 Å². The van der Waals surface area contributed by atoms with Gasteiger partial charge in [0, 0.05) is 31.1 Å². The molecule has 3 aliphatic rings. The van der Waals surface area contributed by atoms with E-state index in [1.807, 2.05) is 20.8 Å². The first-order valence-corrected chi connectivity index (χ1v) is 13.3. The molecule has 3 heterocycles. The van der Waals surface area contributed by atoms with Crippen molar-refractivity contribution in [1.82, 2.24) is 4.98 Å². The molecule has 2 aliphatic heterocycles. The van der Waals surface area contributed by atoms with Gasteiger partial charge in [0.25, 0.3) is 0 Å². The number of nitrogens with one attached hydrogen (secondary N) is 1. The summed E-state index contributed by atoms with van der Waals surface area (Å²) in [5.41, 5.74) is 0.702. The van der Waals surface area contributed by atoms with Gasteiger partial charge in [0.1, 0.15) is 24.0 Å². The average molecular weight is 516 g/mol. The number of rotatable bonds is 6. The number of fused-ring (bicyclic) bond motifs is 1. The molecule has 0 saturated carbocycles. The van der Waals surface area contributed by atoms with E-state index in [-0.39, 0.29) is 35.7 Å². The molecule has 4 rings (SSSR count). The largest absolute Gasteiger partial charge is 0.457 e. The first-order valence-electron chi connectivity index (χ1n) is 13.3. The SMILES string of the molecule is CO[C@H]1C[C@H]2C=C[C@H]3[C@H]([C@H](OC(=O)c4ccc[nH]4)C(C)C)O[C@]2(/C(C)=C/[C@@H](C)[C@@H]([C@@H](C)O)OC1=O)[C@@H]3C. The van der Waals surface area contributed by atoms with Gasteiger partial charge in [-0.1, -0.05) is 45.9 Å². The number of hydrogen-bond donors (Lipinski definition) is 2. The number of aliphatic hydroxyl groups is 1. The van der Waals surface area contributed by atoms with Crippen LogP contribution in [0.3, 0.4) is 0 Å². The second kappa shape index (κ2) is 10.8. The van der Waals surface area contributed by atoms with Gasteiger partial charge in [0.05, 0.1) is 11.7 Å². The molecule has 1 aromatic heterocycles. The topological polar surface area (TPSA) is 107 Å². The van der Waals surface area contributed by atoms with Crippen molar-refractivity contribution in [3.63, 3.8) is 0 Å². The van der Waals surface area contributed by atoms with Gasteiger partial charge in [0.15, 0.2) is 6.10 Å². The molecule has 0 radical (unpaired) electrons. The molecule has 0 unspecified atom stereocenters. The van der Waals surface area contributed by atoms with E-state index >= 15 is 0 Å². The van der Waals surface area contributed by atoms with Gasteiger partial charge in [-0.15, -0.1) is 0 Å². The molecule has 1 spiro atoms. The molecule has 204 valence electrons. The quantitative estimate of drug-likeness (QED) is 0.434. The van der Waals surface area contributed by atoms with Crippen molar-refractivity contribution in [3.05, 3.63) is 47.8 Å². The Hall–Kier alpha value is -2.42. The zero-order valence-electron chi connectivity index (χ0n) is 22.8. The van der Waals surface area contributed by atoms with E-state index in [4.69, 9.17) is 18.9 Å². The lowest BCUT2D eigenvalue weighted by molar-refractivity contribution is -0.172. The van der Waals surface area contributed by atoms with Gasteiger partial charge < -0.3 is 29.0 Å². The van der Waals surface area contributed by atoms with Gasteiger partial charge in [0.2, 0.25) is 0 Å². The maximum atomic E-state index is 13.1. The number of ether oxygens (including phenoxy) is 4. The fourth-order valence-corrected chi connectivity index (χ4v) is 6.59. The van der Waals surface area contributed by atoms with Crippen LogP contribution in [0.4, 0.5) is 0 Å². The van der Waals surface area contributed by atoms with E-state index < -0.39 is 42.0 Å². The number of aliphatic hydroxyl groups excluding tert-OH is 1. The number of esters is 2. The number of carbonyl (C=O) groups excluding carboxylic acids is 2. The highest BCUT2D eigenvalue weighted by Gasteiger charge is 2.61. The van der Waals surface area contributed by atoms with Crippen molar-refractivity contribution in [1.29, 1.82) is 0 Å². The van der Waals surface area contributed by atoms with Gasteiger partial charge >= 0.3 is 11.9 Å². The Labute approximate surface area is 219 Å². The predicted molar refractivity (Wildman–Crippen MR) is 138 cm³/mol. The van der Waals surface area contributed by atoms with Crippen LogP contribution in [-0.2, 0) is 23.7 Å². The number of hydrogen-bond acceptors (Lipinski definition) is 7. The standard InChI is InChI=1S/C29H41NO7/c1-15(2)24(35-27(32)22-9-8-12-30-22)26-21-11-10-20-14-23(34-7)28(33)36-25(19(6)31)16(3)13-17(4)29(20,37-26)18(21)5/h8-13,15-16,18-21,23-26,30-31H,14H2,1-7H3/b17-13+/t16-,18-,19-,20-,21-,23+,24-,25+,26-,29-/m1/s1. The fourth-order valence-electron chi connectivity index (χ4n) is 6.59. The van der Waals surface area contributed by atoms with Crippen molar-refractivity contribution >= 4 is 11.9 Å². The van der Waals surface area contributed by atoms with Crippen LogP contribution < -0.4 is 0 Å². The molecule has 2 bridgehead atoms. The summed E-state index contributed by atoms with van der Waals surface area (Å²) in [6.07, 6.45) is 5.22. The summed E-state index contributed by atoms with van der Waals surface area (Å²) in [6, 6.07) is 3.46. The number of H-pyrrole nitrogens is 1. The molecular formula is C29H41NO7. The van der Waals surface area contributed by atoms with Crippen molar-refractivity contribution in [3.8, 4) is 0 Å². The summed E-state index contributed by atoms with van der Waals surface area (Å²) in [4.78, 5) is 28.9. The lowest BCUT2D eigenvalue weighted by Crippen LogP contribution is -2.49. The van der Waals surface area contributed by atoms with Gasteiger partial charge in [-0.25, -0.2) is 9.59 Å². The summed E-state index contributed by atoms with van der Waals surface area (Å²) < 4.78 is 24.4. The zero-order valence-corrected chi connectivity index (χ0v) is 22.8. The summed E-state index contributed by atoms with van der Waals surface area (Å²) in [6.45, 7) is 11.9. The molecule has 1 saturated heterocycles. The number of methoxy groups -OCH3 is 1. The third kappa shape index (κ3) is 4.91. The maximum Gasteiger partial charge on any atom is 0.355 e. The van der Waals surface area contributed by atoms with E-state index in [0.717, 1.165) is 5.57 Å².